The highest BCUT2D eigenvalue weighted by molar-refractivity contribution is 5.78. The summed E-state index contributed by atoms with van der Waals surface area (Å²) >= 11 is 0. The molecule has 112 valence electrons. The molecule has 1 aromatic rings. The molecule has 5 heteroatoms. The van der Waals surface area contributed by atoms with E-state index in [4.69, 9.17) is 9.47 Å². The summed E-state index contributed by atoms with van der Waals surface area (Å²) in [4.78, 5) is 11.8. The number of methoxy groups -OCH3 is 2. The summed E-state index contributed by atoms with van der Waals surface area (Å²) in [6.07, 6.45) is 0. The van der Waals surface area contributed by atoms with Gasteiger partial charge < -0.3 is 20.1 Å². The second-order valence-corrected chi connectivity index (χ2v) is 4.70. The maximum absolute atomic E-state index is 11.8. The zero-order valence-electron chi connectivity index (χ0n) is 12.7. The number of aryl methyl sites for hydroxylation is 1. The van der Waals surface area contributed by atoms with Gasteiger partial charge in [0.1, 0.15) is 5.75 Å². The van der Waals surface area contributed by atoms with Crippen LogP contribution in [0.4, 0.5) is 0 Å². The Labute approximate surface area is 120 Å². The summed E-state index contributed by atoms with van der Waals surface area (Å²) in [5.74, 6) is 0.743. The molecule has 0 aliphatic heterocycles. The summed E-state index contributed by atoms with van der Waals surface area (Å²) in [6, 6.07) is 5.84. The first-order chi connectivity index (χ1) is 9.58. The average Bonchev–Trinajstić information content (AvgIpc) is 2.43. The van der Waals surface area contributed by atoms with Crippen molar-refractivity contribution in [2.24, 2.45) is 0 Å². The van der Waals surface area contributed by atoms with Crippen molar-refractivity contribution in [1.29, 1.82) is 0 Å². The van der Waals surface area contributed by atoms with Crippen molar-refractivity contribution in [3.8, 4) is 5.75 Å². The molecule has 0 heterocycles. The van der Waals surface area contributed by atoms with Gasteiger partial charge in [-0.15, -0.1) is 0 Å². The van der Waals surface area contributed by atoms with Gasteiger partial charge in [0.05, 0.1) is 26.3 Å². The highest BCUT2D eigenvalue weighted by Gasteiger charge is 2.13. The summed E-state index contributed by atoms with van der Waals surface area (Å²) in [5, 5.41) is 5.97. The first-order valence-electron chi connectivity index (χ1n) is 6.72. The highest BCUT2D eigenvalue weighted by Crippen LogP contribution is 2.25. The quantitative estimate of drug-likeness (QED) is 0.707. The normalized spacial score (nSPS) is 12.0. The Hall–Kier alpha value is -1.59. The number of carbonyl (C=O) groups is 1. The molecule has 1 atom stereocenters. The number of ether oxygens (including phenoxy) is 2. The third kappa shape index (κ3) is 5.19. The Morgan fingerprint density at radius 3 is 2.75 bits per heavy atom. The maximum atomic E-state index is 11.8. The molecule has 0 saturated carbocycles. The number of rotatable bonds is 8. The SMILES string of the molecule is COCCNCC(=O)NC(C)c1cc(C)ccc1OC. The van der Waals surface area contributed by atoms with E-state index in [0.29, 0.717) is 13.2 Å². The molecule has 1 unspecified atom stereocenters. The lowest BCUT2D eigenvalue weighted by atomic mass is 10.0. The number of hydrogen-bond donors (Lipinski definition) is 2. The zero-order valence-corrected chi connectivity index (χ0v) is 12.7. The Bertz CT molecular complexity index is 435. The smallest absolute Gasteiger partial charge is 0.234 e. The van der Waals surface area contributed by atoms with Crippen LogP contribution in [-0.2, 0) is 9.53 Å². The van der Waals surface area contributed by atoms with Crippen LogP contribution in [0.1, 0.15) is 24.1 Å². The molecule has 5 nitrogen and oxygen atoms in total. The first kappa shape index (κ1) is 16.5. The molecule has 0 aromatic heterocycles. The minimum absolute atomic E-state index is 0.0443. The minimum Gasteiger partial charge on any atom is -0.496 e. The lowest BCUT2D eigenvalue weighted by Crippen LogP contribution is -2.36. The van der Waals surface area contributed by atoms with Crippen molar-refractivity contribution < 1.29 is 14.3 Å². The number of hydrogen-bond acceptors (Lipinski definition) is 4. The highest BCUT2D eigenvalue weighted by atomic mass is 16.5. The van der Waals surface area contributed by atoms with Crippen molar-refractivity contribution in [2.45, 2.75) is 19.9 Å². The average molecular weight is 280 g/mol. The van der Waals surface area contributed by atoms with Crippen LogP contribution < -0.4 is 15.4 Å². The van der Waals surface area contributed by atoms with Gasteiger partial charge >= 0.3 is 0 Å². The van der Waals surface area contributed by atoms with Crippen molar-refractivity contribution in [2.75, 3.05) is 33.9 Å². The second-order valence-electron chi connectivity index (χ2n) is 4.70. The molecular formula is C15H24N2O3. The van der Waals surface area contributed by atoms with Crippen LogP contribution >= 0.6 is 0 Å². The fourth-order valence-electron chi connectivity index (χ4n) is 1.94. The lowest BCUT2D eigenvalue weighted by molar-refractivity contribution is -0.120. The third-order valence-electron chi connectivity index (χ3n) is 3.00. The van der Waals surface area contributed by atoms with E-state index < -0.39 is 0 Å². The summed E-state index contributed by atoms with van der Waals surface area (Å²) in [6.45, 7) is 5.50. The van der Waals surface area contributed by atoms with Crippen LogP contribution in [0.3, 0.4) is 0 Å². The molecule has 0 aliphatic rings. The first-order valence-corrected chi connectivity index (χ1v) is 6.72. The fraction of sp³-hybridized carbons (Fsp3) is 0.533. The Morgan fingerprint density at radius 1 is 1.35 bits per heavy atom. The number of carbonyl (C=O) groups excluding carboxylic acids is 1. The van der Waals surface area contributed by atoms with Crippen molar-refractivity contribution >= 4 is 5.91 Å². The molecule has 0 bridgehead atoms. The molecule has 0 radical (unpaired) electrons. The Balaban J connectivity index is 2.55. The monoisotopic (exact) mass is 280 g/mol. The molecule has 20 heavy (non-hydrogen) atoms. The van der Waals surface area contributed by atoms with Crippen molar-refractivity contribution in [1.82, 2.24) is 10.6 Å². The minimum atomic E-state index is -0.0958. The van der Waals surface area contributed by atoms with Gasteiger partial charge in [0.15, 0.2) is 0 Å². The van der Waals surface area contributed by atoms with Gasteiger partial charge in [-0.3, -0.25) is 4.79 Å². The van der Waals surface area contributed by atoms with E-state index in [1.54, 1.807) is 14.2 Å². The van der Waals surface area contributed by atoms with Gasteiger partial charge in [0.25, 0.3) is 0 Å². The topological polar surface area (TPSA) is 59.6 Å². The third-order valence-corrected chi connectivity index (χ3v) is 3.00. The predicted molar refractivity (Wildman–Crippen MR) is 79.0 cm³/mol. The maximum Gasteiger partial charge on any atom is 0.234 e. The van der Waals surface area contributed by atoms with E-state index in [2.05, 4.69) is 10.6 Å². The van der Waals surface area contributed by atoms with Crippen molar-refractivity contribution in [3.63, 3.8) is 0 Å². The van der Waals surface area contributed by atoms with Crippen LogP contribution in [0.15, 0.2) is 18.2 Å². The van der Waals surface area contributed by atoms with Gasteiger partial charge in [0, 0.05) is 19.2 Å². The molecule has 0 saturated heterocycles. The largest absolute Gasteiger partial charge is 0.496 e. The van der Waals surface area contributed by atoms with E-state index in [9.17, 15) is 4.79 Å². The molecule has 0 fully saturated rings. The van der Waals surface area contributed by atoms with Crippen LogP contribution in [0.2, 0.25) is 0 Å². The van der Waals surface area contributed by atoms with Crippen molar-refractivity contribution in [3.05, 3.63) is 29.3 Å². The zero-order chi connectivity index (χ0) is 15.0. The van der Waals surface area contributed by atoms with E-state index in [1.807, 2.05) is 32.0 Å². The molecule has 1 amide bonds. The van der Waals surface area contributed by atoms with Crippen LogP contribution in [-0.4, -0.2) is 39.8 Å². The standard InChI is InChI=1S/C15H24N2O3/c1-11-5-6-14(20-4)13(9-11)12(2)17-15(18)10-16-7-8-19-3/h5-6,9,12,16H,7-8,10H2,1-4H3,(H,17,18). The van der Waals surface area contributed by atoms with Crippen LogP contribution in [0.5, 0.6) is 5.75 Å². The van der Waals surface area contributed by atoms with E-state index in [1.165, 1.54) is 0 Å². The summed E-state index contributed by atoms with van der Waals surface area (Å²) < 4.78 is 10.2. The molecule has 0 aliphatic carbocycles. The lowest BCUT2D eigenvalue weighted by Gasteiger charge is -2.18. The predicted octanol–water partition coefficient (Wildman–Crippen LogP) is 1.42. The number of amides is 1. The van der Waals surface area contributed by atoms with E-state index in [-0.39, 0.29) is 18.5 Å². The van der Waals surface area contributed by atoms with E-state index in [0.717, 1.165) is 16.9 Å². The molecular weight excluding hydrogens is 256 g/mol. The molecule has 2 N–H and O–H groups in total. The Morgan fingerprint density at radius 2 is 2.10 bits per heavy atom. The number of benzene rings is 1. The van der Waals surface area contributed by atoms with E-state index >= 15 is 0 Å². The number of nitrogens with one attached hydrogen (secondary N) is 2. The van der Waals surface area contributed by atoms with Gasteiger partial charge in [-0.2, -0.15) is 0 Å². The van der Waals surface area contributed by atoms with Gasteiger partial charge in [-0.05, 0) is 19.9 Å². The van der Waals surface area contributed by atoms with Gasteiger partial charge in [-0.1, -0.05) is 17.7 Å². The molecule has 0 spiro atoms. The summed E-state index contributed by atoms with van der Waals surface area (Å²) in [5.41, 5.74) is 2.12. The molecule has 1 aromatic carbocycles. The second kappa shape index (κ2) is 8.55. The van der Waals surface area contributed by atoms with Gasteiger partial charge in [-0.25, -0.2) is 0 Å². The summed E-state index contributed by atoms with van der Waals surface area (Å²) in [7, 11) is 3.27. The molecule has 1 rings (SSSR count). The Kier molecular flexibility index (Phi) is 7.04. The van der Waals surface area contributed by atoms with Crippen LogP contribution in [0, 0.1) is 6.92 Å². The van der Waals surface area contributed by atoms with Gasteiger partial charge in [0.2, 0.25) is 5.91 Å². The van der Waals surface area contributed by atoms with Crippen LogP contribution in [0.25, 0.3) is 0 Å². The fourth-order valence-corrected chi connectivity index (χ4v) is 1.94.